The van der Waals surface area contributed by atoms with Crippen LogP contribution in [0.3, 0.4) is 0 Å². The lowest BCUT2D eigenvalue weighted by Gasteiger charge is -2.09. The van der Waals surface area contributed by atoms with Crippen LogP contribution in [0.1, 0.15) is 5.56 Å². The summed E-state index contributed by atoms with van der Waals surface area (Å²) in [6.07, 6.45) is 1.71. The summed E-state index contributed by atoms with van der Waals surface area (Å²) in [6.45, 7) is 14.4. The molecule has 1 rings (SSSR count). The van der Waals surface area contributed by atoms with Gasteiger partial charge >= 0.3 is 0 Å². The van der Waals surface area contributed by atoms with Gasteiger partial charge in [-0.3, -0.25) is 0 Å². The largest absolute Gasteiger partial charge is 0.377 e. The molecular weight excluding hydrogens is 496 g/mol. The Morgan fingerprint density at radius 1 is 0.395 bits per heavy atom. The molecule has 1 aromatic rings. The van der Waals surface area contributed by atoms with Crippen molar-refractivity contribution in [3.8, 4) is 0 Å². The molecule has 0 aromatic heterocycles. The van der Waals surface area contributed by atoms with Gasteiger partial charge in [0.15, 0.2) is 0 Å². The lowest BCUT2D eigenvalue weighted by molar-refractivity contribution is -0.0264. The summed E-state index contributed by atoms with van der Waals surface area (Å²) in [5.74, 6) is 0. The number of hydrogen-bond donors (Lipinski definition) is 0. The van der Waals surface area contributed by atoms with Crippen molar-refractivity contribution in [2.24, 2.45) is 0 Å². The summed E-state index contributed by atoms with van der Waals surface area (Å²) in [6, 6.07) is 10.1. The van der Waals surface area contributed by atoms with Crippen LogP contribution in [0.2, 0.25) is 0 Å². The maximum atomic E-state index is 5.56. The first kappa shape index (κ1) is 34.6. The second-order valence-electron chi connectivity index (χ2n) is 7.80. The van der Waals surface area contributed by atoms with Gasteiger partial charge in [-0.2, -0.15) is 0 Å². The van der Waals surface area contributed by atoms with Gasteiger partial charge in [-0.1, -0.05) is 36.4 Å². The quantitative estimate of drug-likeness (QED) is 0.103. The van der Waals surface area contributed by atoms with Gasteiger partial charge in [0.05, 0.1) is 132 Å². The van der Waals surface area contributed by atoms with Gasteiger partial charge in [0, 0.05) is 0 Å². The summed E-state index contributed by atoms with van der Waals surface area (Å²) in [5, 5.41) is 0. The van der Waals surface area contributed by atoms with E-state index >= 15 is 0 Å². The predicted octanol–water partition coefficient (Wildman–Crippen LogP) is 2.54. The predicted molar refractivity (Wildman–Crippen MR) is 144 cm³/mol. The van der Waals surface area contributed by atoms with Crippen LogP contribution >= 0.6 is 0 Å². The summed E-state index contributed by atoms with van der Waals surface area (Å²) in [7, 11) is 0. The van der Waals surface area contributed by atoms with Gasteiger partial charge in [-0.25, -0.2) is 0 Å². The maximum absolute atomic E-state index is 5.56. The Bertz CT molecular complexity index is 590. The van der Waals surface area contributed by atoms with Crippen LogP contribution in [0.4, 0.5) is 0 Å². The van der Waals surface area contributed by atoms with E-state index in [4.69, 9.17) is 47.4 Å². The number of hydrogen-bond acceptors (Lipinski definition) is 10. The lowest BCUT2D eigenvalue weighted by Crippen LogP contribution is -2.15. The third-order valence-electron chi connectivity index (χ3n) is 4.70. The van der Waals surface area contributed by atoms with Crippen molar-refractivity contribution < 1.29 is 47.4 Å². The molecular formula is C28H48O10. The smallest absolute Gasteiger partial charge is 0.0718 e. The molecule has 0 radical (unpaired) electrons. The Balaban J connectivity index is 1.62. The summed E-state index contributed by atoms with van der Waals surface area (Å²) in [5.41, 5.74) is 1.16. The van der Waals surface area contributed by atoms with E-state index in [-0.39, 0.29) is 0 Å². The standard InChI is InChI=1S/C28H48O10/c1-2-8-29-9-10-30-11-12-31-13-14-32-15-16-33-17-18-34-19-20-35-21-22-36-23-24-37-25-26-38-27-28-6-4-3-5-7-28/h2-7H,1,8-27H2. The molecule has 0 fully saturated rings. The molecule has 0 heterocycles. The molecule has 0 amide bonds. The van der Waals surface area contributed by atoms with Crippen LogP contribution in [0.25, 0.3) is 0 Å². The third-order valence-corrected chi connectivity index (χ3v) is 4.70. The zero-order chi connectivity index (χ0) is 27.0. The van der Waals surface area contributed by atoms with Gasteiger partial charge in [-0.15, -0.1) is 6.58 Å². The van der Waals surface area contributed by atoms with Crippen LogP contribution in [-0.2, 0) is 54.0 Å². The fourth-order valence-electron chi connectivity index (χ4n) is 2.81. The highest BCUT2D eigenvalue weighted by atomic mass is 16.6. The first-order valence-corrected chi connectivity index (χ1v) is 13.4. The van der Waals surface area contributed by atoms with E-state index in [2.05, 4.69) is 6.58 Å². The van der Waals surface area contributed by atoms with Crippen molar-refractivity contribution in [3.63, 3.8) is 0 Å². The average molecular weight is 545 g/mol. The molecule has 0 saturated carbocycles. The molecule has 0 spiro atoms. The van der Waals surface area contributed by atoms with Gasteiger partial charge < -0.3 is 47.4 Å². The van der Waals surface area contributed by atoms with Gasteiger partial charge in [0.1, 0.15) is 0 Å². The van der Waals surface area contributed by atoms with E-state index in [1.807, 2.05) is 30.3 Å². The third kappa shape index (κ3) is 26.2. The van der Waals surface area contributed by atoms with Gasteiger partial charge in [0.25, 0.3) is 0 Å². The van der Waals surface area contributed by atoms with Crippen molar-refractivity contribution in [1.29, 1.82) is 0 Å². The van der Waals surface area contributed by atoms with Gasteiger partial charge in [-0.05, 0) is 5.56 Å². The Hall–Kier alpha value is -1.44. The van der Waals surface area contributed by atoms with E-state index in [0.717, 1.165) is 5.56 Å². The Kier molecular flexibility index (Phi) is 27.4. The second-order valence-corrected chi connectivity index (χ2v) is 7.80. The molecule has 10 heteroatoms. The highest BCUT2D eigenvalue weighted by Gasteiger charge is 1.96. The molecule has 0 saturated heterocycles. The highest BCUT2D eigenvalue weighted by molar-refractivity contribution is 5.13. The maximum Gasteiger partial charge on any atom is 0.0718 e. The van der Waals surface area contributed by atoms with E-state index in [0.29, 0.717) is 132 Å². The van der Waals surface area contributed by atoms with Crippen LogP contribution in [0, 0.1) is 0 Å². The molecule has 1 aromatic carbocycles. The van der Waals surface area contributed by atoms with Crippen LogP contribution in [0.5, 0.6) is 0 Å². The normalized spacial score (nSPS) is 11.3. The first-order valence-electron chi connectivity index (χ1n) is 13.4. The fraction of sp³-hybridized carbons (Fsp3) is 0.714. The van der Waals surface area contributed by atoms with Crippen molar-refractivity contribution in [2.45, 2.75) is 6.61 Å². The Morgan fingerprint density at radius 3 is 1.00 bits per heavy atom. The number of rotatable bonds is 31. The molecule has 220 valence electrons. The van der Waals surface area contributed by atoms with Crippen molar-refractivity contribution in [3.05, 3.63) is 48.6 Å². The lowest BCUT2D eigenvalue weighted by atomic mass is 10.2. The van der Waals surface area contributed by atoms with E-state index in [9.17, 15) is 0 Å². The minimum atomic E-state index is 0.522. The van der Waals surface area contributed by atoms with E-state index < -0.39 is 0 Å². The highest BCUT2D eigenvalue weighted by Crippen LogP contribution is 2.00. The Morgan fingerprint density at radius 2 is 0.684 bits per heavy atom. The van der Waals surface area contributed by atoms with E-state index in [1.165, 1.54) is 0 Å². The minimum Gasteiger partial charge on any atom is -0.377 e. The number of ether oxygens (including phenoxy) is 10. The first-order chi connectivity index (χ1) is 18.9. The van der Waals surface area contributed by atoms with Gasteiger partial charge in [0.2, 0.25) is 0 Å². The molecule has 0 aliphatic heterocycles. The molecule has 0 N–H and O–H groups in total. The molecule has 0 atom stereocenters. The Labute approximate surface area is 228 Å². The monoisotopic (exact) mass is 544 g/mol. The topological polar surface area (TPSA) is 92.3 Å². The molecule has 0 aliphatic carbocycles. The average Bonchev–Trinajstić information content (AvgIpc) is 2.94. The molecule has 0 aliphatic rings. The number of benzene rings is 1. The summed E-state index contributed by atoms with van der Waals surface area (Å²) >= 11 is 0. The molecule has 10 nitrogen and oxygen atoms in total. The van der Waals surface area contributed by atoms with E-state index in [1.54, 1.807) is 6.08 Å². The summed E-state index contributed by atoms with van der Waals surface area (Å²) < 4.78 is 54.3. The SMILES string of the molecule is C=CCOCCOCCOCCOCCOCCOCCOCCOCCOCCOCc1ccccc1. The molecule has 38 heavy (non-hydrogen) atoms. The zero-order valence-corrected chi connectivity index (χ0v) is 22.9. The van der Waals surface area contributed by atoms with Crippen LogP contribution in [-0.4, -0.2) is 126 Å². The second kappa shape index (κ2) is 30.1. The van der Waals surface area contributed by atoms with Crippen LogP contribution < -0.4 is 0 Å². The van der Waals surface area contributed by atoms with Crippen molar-refractivity contribution in [2.75, 3.05) is 126 Å². The van der Waals surface area contributed by atoms with Crippen molar-refractivity contribution in [1.82, 2.24) is 0 Å². The van der Waals surface area contributed by atoms with Crippen molar-refractivity contribution >= 4 is 0 Å². The minimum absolute atomic E-state index is 0.522. The summed E-state index contributed by atoms with van der Waals surface area (Å²) in [4.78, 5) is 0. The molecule has 0 unspecified atom stereocenters. The zero-order valence-electron chi connectivity index (χ0n) is 22.9. The van der Waals surface area contributed by atoms with Crippen LogP contribution in [0.15, 0.2) is 43.0 Å². The fourth-order valence-corrected chi connectivity index (χ4v) is 2.81. The molecule has 0 bridgehead atoms.